The van der Waals surface area contributed by atoms with Gasteiger partial charge in [-0.2, -0.15) is 0 Å². The van der Waals surface area contributed by atoms with Gasteiger partial charge in [-0.25, -0.2) is 27.2 Å². The van der Waals surface area contributed by atoms with Crippen LogP contribution >= 0.6 is 0 Å². The summed E-state index contributed by atoms with van der Waals surface area (Å²) < 4.78 is 52.9. The number of nitrogens with zero attached hydrogens (tertiary/aromatic N) is 3. The lowest BCUT2D eigenvalue weighted by atomic mass is 10.00. The predicted octanol–water partition coefficient (Wildman–Crippen LogP) is 2.79. The summed E-state index contributed by atoms with van der Waals surface area (Å²) in [6, 6.07) is 2.38. The van der Waals surface area contributed by atoms with Gasteiger partial charge in [0.1, 0.15) is 0 Å². The Morgan fingerprint density at radius 3 is 2.36 bits per heavy atom. The molecule has 2 aromatic rings. The predicted molar refractivity (Wildman–Crippen MR) is 89.8 cm³/mol. The molecule has 1 fully saturated rings. The smallest absolute Gasteiger partial charge is 0.262 e. The first kappa shape index (κ1) is 17.5. The summed E-state index contributed by atoms with van der Waals surface area (Å²) in [6.07, 6.45) is 4.84. The fraction of sp³-hybridized carbons (Fsp3) is 0.375. The van der Waals surface area contributed by atoms with Gasteiger partial charge in [-0.1, -0.05) is 6.92 Å². The average molecular weight is 368 g/mol. The molecular weight excluding hydrogens is 350 g/mol. The molecule has 2 heterocycles. The minimum Gasteiger partial charge on any atom is -0.341 e. The minimum absolute atomic E-state index is 0.152. The highest BCUT2D eigenvalue weighted by Crippen LogP contribution is 2.21. The Labute approximate surface area is 145 Å². The Morgan fingerprint density at radius 2 is 1.76 bits per heavy atom. The van der Waals surface area contributed by atoms with E-state index in [-0.39, 0.29) is 10.6 Å². The molecule has 1 aromatic heterocycles. The average Bonchev–Trinajstić information content (AvgIpc) is 2.58. The summed E-state index contributed by atoms with van der Waals surface area (Å²) in [5, 5.41) is 0. The van der Waals surface area contributed by atoms with Crippen LogP contribution in [-0.2, 0) is 10.0 Å². The van der Waals surface area contributed by atoms with Crippen molar-refractivity contribution in [2.24, 2.45) is 5.92 Å². The van der Waals surface area contributed by atoms with Crippen molar-refractivity contribution in [1.82, 2.24) is 9.97 Å². The second kappa shape index (κ2) is 6.91. The third kappa shape index (κ3) is 4.04. The van der Waals surface area contributed by atoms with Crippen LogP contribution in [0, 0.1) is 17.6 Å². The Hall–Kier alpha value is -2.29. The van der Waals surface area contributed by atoms with Gasteiger partial charge in [-0.3, -0.25) is 4.72 Å². The van der Waals surface area contributed by atoms with Gasteiger partial charge in [0.05, 0.1) is 23.0 Å². The monoisotopic (exact) mass is 368 g/mol. The van der Waals surface area contributed by atoms with Crippen molar-refractivity contribution in [2.75, 3.05) is 22.7 Å². The molecule has 1 N–H and O–H groups in total. The fourth-order valence-electron chi connectivity index (χ4n) is 2.60. The Morgan fingerprint density at radius 1 is 1.12 bits per heavy atom. The van der Waals surface area contributed by atoms with Crippen LogP contribution in [-0.4, -0.2) is 31.5 Å². The maximum atomic E-state index is 13.2. The number of halogens is 2. The van der Waals surface area contributed by atoms with Crippen LogP contribution in [0.1, 0.15) is 19.8 Å². The second-order valence-corrected chi connectivity index (χ2v) is 7.81. The molecular formula is C16H18F2N4O2S. The molecule has 0 amide bonds. The molecule has 9 heteroatoms. The normalized spacial score (nSPS) is 16.0. The van der Waals surface area contributed by atoms with E-state index in [9.17, 15) is 17.2 Å². The molecule has 1 aliphatic heterocycles. The van der Waals surface area contributed by atoms with Crippen molar-refractivity contribution < 1.29 is 17.2 Å². The summed E-state index contributed by atoms with van der Waals surface area (Å²) in [7, 11) is -4.05. The van der Waals surface area contributed by atoms with E-state index in [0.717, 1.165) is 38.1 Å². The number of hydrogen-bond donors (Lipinski definition) is 1. The van der Waals surface area contributed by atoms with Crippen LogP contribution in [0.15, 0.2) is 35.5 Å². The minimum atomic E-state index is -4.05. The molecule has 1 aromatic carbocycles. The number of rotatable bonds is 4. The quantitative estimate of drug-likeness (QED) is 0.898. The van der Waals surface area contributed by atoms with Gasteiger partial charge in [0.15, 0.2) is 11.6 Å². The van der Waals surface area contributed by atoms with Crippen LogP contribution in [0.25, 0.3) is 0 Å². The first-order chi connectivity index (χ1) is 11.8. The van der Waals surface area contributed by atoms with Gasteiger partial charge in [0.2, 0.25) is 5.95 Å². The topological polar surface area (TPSA) is 75.2 Å². The number of sulfonamides is 1. The van der Waals surface area contributed by atoms with Crippen LogP contribution in [0.4, 0.5) is 20.4 Å². The zero-order valence-electron chi connectivity index (χ0n) is 13.6. The highest BCUT2D eigenvalue weighted by atomic mass is 32.2. The van der Waals surface area contributed by atoms with E-state index in [1.807, 2.05) is 4.90 Å². The largest absolute Gasteiger partial charge is 0.341 e. The van der Waals surface area contributed by atoms with Crippen molar-refractivity contribution >= 4 is 21.7 Å². The fourth-order valence-corrected chi connectivity index (χ4v) is 3.64. The Balaban J connectivity index is 1.73. The summed E-state index contributed by atoms with van der Waals surface area (Å²) >= 11 is 0. The van der Waals surface area contributed by atoms with Gasteiger partial charge >= 0.3 is 0 Å². The van der Waals surface area contributed by atoms with E-state index in [1.165, 1.54) is 12.4 Å². The molecule has 0 spiro atoms. The number of anilines is 2. The standard InChI is InChI=1S/C16H18F2N4O2S/c1-11-4-6-22(7-5-11)16-19-9-12(10-20-16)21-25(23,24)13-2-3-14(17)15(18)8-13/h2-3,8-11,21H,4-7H2,1H3. The number of aromatic nitrogens is 2. The van der Waals surface area contributed by atoms with Gasteiger partial charge in [-0.15, -0.1) is 0 Å². The zero-order chi connectivity index (χ0) is 18.0. The molecule has 134 valence electrons. The number of nitrogens with one attached hydrogen (secondary N) is 1. The molecule has 0 unspecified atom stereocenters. The van der Waals surface area contributed by atoms with Crippen LogP contribution < -0.4 is 9.62 Å². The van der Waals surface area contributed by atoms with Crippen molar-refractivity contribution in [1.29, 1.82) is 0 Å². The van der Waals surface area contributed by atoms with E-state index >= 15 is 0 Å². The first-order valence-electron chi connectivity index (χ1n) is 7.90. The van der Waals surface area contributed by atoms with Crippen LogP contribution in [0.2, 0.25) is 0 Å². The first-order valence-corrected chi connectivity index (χ1v) is 9.38. The molecule has 6 nitrogen and oxygen atoms in total. The molecule has 1 saturated heterocycles. The van der Waals surface area contributed by atoms with Crippen molar-refractivity contribution in [3.05, 3.63) is 42.2 Å². The third-order valence-corrected chi connectivity index (χ3v) is 5.54. The molecule has 0 aliphatic carbocycles. The van der Waals surface area contributed by atoms with Crippen molar-refractivity contribution in [3.8, 4) is 0 Å². The maximum Gasteiger partial charge on any atom is 0.262 e. The Bertz CT molecular complexity index is 851. The highest BCUT2D eigenvalue weighted by molar-refractivity contribution is 7.92. The lowest BCUT2D eigenvalue weighted by molar-refractivity contribution is 0.434. The van der Waals surface area contributed by atoms with Crippen LogP contribution in [0.5, 0.6) is 0 Å². The molecule has 3 rings (SSSR count). The number of piperidine rings is 1. The van der Waals surface area contributed by atoms with Gasteiger partial charge in [-0.05, 0) is 37.0 Å². The molecule has 0 atom stereocenters. The SMILES string of the molecule is CC1CCN(c2ncc(NS(=O)(=O)c3ccc(F)c(F)c3)cn2)CC1. The zero-order valence-corrected chi connectivity index (χ0v) is 14.4. The molecule has 25 heavy (non-hydrogen) atoms. The number of benzene rings is 1. The Kier molecular flexibility index (Phi) is 4.85. The van der Waals surface area contributed by atoms with E-state index in [1.54, 1.807) is 0 Å². The van der Waals surface area contributed by atoms with Gasteiger partial charge < -0.3 is 4.90 Å². The molecule has 0 saturated carbocycles. The lowest BCUT2D eigenvalue weighted by Crippen LogP contribution is -2.34. The summed E-state index contributed by atoms with van der Waals surface area (Å²) in [4.78, 5) is 10.1. The second-order valence-electron chi connectivity index (χ2n) is 6.12. The highest BCUT2D eigenvalue weighted by Gasteiger charge is 2.19. The van der Waals surface area contributed by atoms with E-state index in [4.69, 9.17) is 0 Å². The van der Waals surface area contributed by atoms with Crippen molar-refractivity contribution in [2.45, 2.75) is 24.7 Å². The molecule has 0 radical (unpaired) electrons. The molecule has 0 bridgehead atoms. The summed E-state index contributed by atoms with van der Waals surface area (Å²) in [6.45, 7) is 3.93. The molecule has 1 aliphatic rings. The van der Waals surface area contributed by atoms with Gasteiger partial charge in [0.25, 0.3) is 10.0 Å². The van der Waals surface area contributed by atoms with Crippen LogP contribution in [0.3, 0.4) is 0 Å². The summed E-state index contributed by atoms with van der Waals surface area (Å²) in [5.41, 5.74) is 0.152. The van der Waals surface area contributed by atoms with E-state index in [2.05, 4.69) is 21.6 Å². The van der Waals surface area contributed by atoms with Gasteiger partial charge in [0, 0.05) is 13.1 Å². The lowest BCUT2D eigenvalue weighted by Gasteiger charge is -2.30. The summed E-state index contributed by atoms with van der Waals surface area (Å²) in [5.74, 6) is -1.11. The van der Waals surface area contributed by atoms with E-state index in [0.29, 0.717) is 17.9 Å². The van der Waals surface area contributed by atoms with Crippen molar-refractivity contribution in [3.63, 3.8) is 0 Å². The third-order valence-electron chi connectivity index (χ3n) is 4.16. The van der Waals surface area contributed by atoms with E-state index < -0.39 is 21.7 Å². The maximum absolute atomic E-state index is 13.2. The number of hydrogen-bond acceptors (Lipinski definition) is 5.